The third-order valence-electron chi connectivity index (χ3n) is 4.88. The summed E-state index contributed by atoms with van der Waals surface area (Å²) in [5.41, 5.74) is 7.53. The zero-order chi connectivity index (χ0) is 17.5. The molecule has 0 aromatic heterocycles. The summed E-state index contributed by atoms with van der Waals surface area (Å²) >= 11 is 0. The maximum absolute atomic E-state index is 2.23. The van der Waals surface area contributed by atoms with Crippen LogP contribution in [0.2, 0.25) is 0 Å². The number of hydrogen-bond acceptors (Lipinski definition) is 0. The van der Waals surface area contributed by atoms with E-state index in [9.17, 15) is 0 Å². The topological polar surface area (TPSA) is 0 Å². The second-order valence-electron chi connectivity index (χ2n) is 6.30. The molecule has 1 radical (unpaired) electrons. The van der Waals surface area contributed by atoms with E-state index in [1.165, 1.54) is 39.0 Å². The van der Waals surface area contributed by atoms with Crippen LogP contribution in [0.15, 0.2) is 60.7 Å². The van der Waals surface area contributed by atoms with E-state index in [4.69, 9.17) is 0 Å². The molecular formula is C26H37SiTi. The van der Waals surface area contributed by atoms with Gasteiger partial charge in [-0.05, 0) is 0 Å². The SMILES string of the molecule is CCc1c(C)c(C)c(C)[c-]1C.[CH3-].[CH3-].[CH3-].[Ti+4].c1ccc([SiH]c2ccccc2)cc1. The molecule has 0 aliphatic rings. The minimum absolute atomic E-state index is 0. The Morgan fingerprint density at radius 3 is 1.36 bits per heavy atom. The van der Waals surface area contributed by atoms with Crippen molar-refractivity contribution in [1.29, 1.82) is 0 Å². The van der Waals surface area contributed by atoms with Crippen molar-refractivity contribution in [2.24, 2.45) is 0 Å². The summed E-state index contributed by atoms with van der Waals surface area (Å²) in [5.74, 6) is 0. The monoisotopic (exact) mass is 425 g/mol. The number of rotatable bonds is 3. The zero-order valence-corrected chi connectivity index (χ0v) is 21.8. The molecule has 3 aromatic rings. The molecule has 2 heteroatoms. The van der Waals surface area contributed by atoms with Crippen molar-refractivity contribution in [2.45, 2.75) is 41.0 Å². The molecule has 3 aromatic carbocycles. The minimum atomic E-state index is 0. The smallest absolute Gasteiger partial charge is 0.358 e. The van der Waals surface area contributed by atoms with Gasteiger partial charge in [0.15, 0.2) is 0 Å². The number of hydrogen-bond donors (Lipinski definition) is 0. The third kappa shape index (κ3) is 8.39. The first-order valence-corrected chi connectivity index (χ1v) is 9.86. The van der Waals surface area contributed by atoms with E-state index in [-0.39, 0.29) is 53.5 Å². The van der Waals surface area contributed by atoms with Gasteiger partial charge in [-0.2, -0.15) is 27.8 Å². The fraction of sp³-hybridized carbons (Fsp3) is 0.231. The molecule has 149 valence electrons. The largest absolute Gasteiger partial charge is 4.00 e. The normalized spacial score (nSPS) is 8.75. The molecule has 28 heavy (non-hydrogen) atoms. The van der Waals surface area contributed by atoms with E-state index in [0.29, 0.717) is 0 Å². The summed E-state index contributed by atoms with van der Waals surface area (Å²) in [6.07, 6.45) is 1.17. The standard InChI is InChI=1S/C12H11Si.C11H17.3CH3.Ti/c1-3-7-11(8-4-1)13-12-9-5-2-6-10-12;1-6-11-9(4)7(2)8(3)10(11)5;;;;/h1-10,13H;6H2,1-5H3;3*1H3;/q;4*-1;+4. The van der Waals surface area contributed by atoms with Crippen LogP contribution < -0.4 is 10.4 Å². The molecule has 0 atom stereocenters. The van der Waals surface area contributed by atoms with Crippen LogP contribution in [0.5, 0.6) is 0 Å². The summed E-state index contributed by atoms with van der Waals surface area (Å²) in [5, 5.41) is 2.90. The Bertz CT molecular complexity index is 695. The van der Waals surface area contributed by atoms with E-state index in [1.807, 2.05) is 0 Å². The molecule has 0 aliphatic carbocycles. The number of benzene rings is 2. The molecule has 0 amide bonds. The van der Waals surface area contributed by atoms with Crippen molar-refractivity contribution in [3.63, 3.8) is 0 Å². The van der Waals surface area contributed by atoms with E-state index < -0.39 is 0 Å². The van der Waals surface area contributed by atoms with Gasteiger partial charge < -0.3 is 22.3 Å². The van der Waals surface area contributed by atoms with Gasteiger partial charge in [-0.25, -0.2) is 0 Å². The molecule has 0 aliphatic heterocycles. The van der Waals surface area contributed by atoms with Crippen LogP contribution in [-0.2, 0) is 28.1 Å². The molecule has 0 spiro atoms. The summed E-state index contributed by atoms with van der Waals surface area (Å²) in [4.78, 5) is 0. The van der Waals surface area contributed by atoms with Crippen LogP contribution in [0, 0.1) is 50.0 Å². The average molecular weight is 426 g/mol. The predicted molar refractivity (Wildman–Crippen MR) is 129 cm³/mol. The van der Waals surface area contributed by atoms with Crippen molar-refractivity contribution in [2.75, 3.05) is 0 Å². The molecule has 0 saturated carbocycles. The maximum atomic E-state index is 2.23. The first-order chi connectivity index (χ1) is 11.5. The van der Waals surface area contributed by atoms with Crippen molar-refractivity contribution in [1.82, 2.24) is 0 Å². The second-order valence-corrected chi connectivity index (χ2v) is 7.92. The van der Waals surface area contributed by atoms with Crippen molar-refractivity contribution >= 4 is 19.9 Å². The van der Waals surface area contributed by atoms with E-state index in [2.05, 4.69) is 95.3 Å². The first-order valence-electron chi connectivity index (χ1n) is 8.71. The Hall–Kier alpha value is -1.28. The van der Waals surface area contributed by atoms with E-state index in [1.54, 1.807) is 5.56 Å². The van der Waals surface area contributed by atoms with Gasteiger partial charge in [-0.1, -0.05) is 112 Å². The third-order valence-corrected chi connectivity index (χ3v) is 6.32. The summed E-state index contributed by atoms with van der Waals surface area (Å²) in [6.45, 7) is 11.1. The minimum Gasteiger partial charge on any atom is -0.358 e. The van der Waals surface area contributed by atoms with Gasteiger partial charge >= 0.3 is 21.7 Å². The van der Waals surface area contributed by atoms with Gasteiger partial charge in [0.2, 0.25) is 0 Å². The van der Waals surface area contributed by atoms with Crippen LogP contribution >= 0.6 is 0 Å². The summed E-state index contributed by atoms with van der Waals surface area (Å²) < 4.78 is 0. The quantitative estimate of drug-likeness (QED) is 0.377. The van der Waals surface area contributed by atoms with Crippen LogP contribution in [0.1, 0.15) is 34.7 Å². The average Bonchev–Trinajstić information content (AvgIpc) is 2.80. The zero-order valence-electron chi connectivity index (χ0n) is 19.1. The van der Waals surface area contributed by atoms with Gasteiger partial charge in [0.1, 0.15) is 9.52 Å². The van der Waals surface area contributed by atoms with Gasteiger partial charge in [0, 0.05) is 0 Å². The molecule has 0 unspecified atom stereocenters. The Labute approximate surface area is 192 Å². The fourth-order valence-corrected chi connectivity index (χ4v) is 4.33. The second kappa shape index (κ2) is 15.6. The van der Waals surface area contributed by atoms with Crippen LogP contribution in [0.25, 0.3) is 0 Å². The van der Waals surface area contributed by atoms with Crippen LogP contribution in [0.4, 0.5) is 0 Å². The maximum Gasteiger partial charge on any atom is 4.00 e. The van der Waals surface area contributed by atoms with Gasteiger partial charge in [-0.3, -0.25) is 0 Å². The Kier molecular flexibility index (Phi) is 17.5. The van der Waals surface area contributed by atoms with E-state index >= 15 is 0 Å². The van der Waals surface area contributed by atoms with Gasteiger partial charge in [0.05, 0.1) is 0 Å². The first kappa shape index (κ1) is 31.4. The van der Waals surface area contributed by atoms with Gasteiger partial charge in [-0.15, -0.1) is 0 Å². The summed E-state index contributed by atoms with van der Waals surface area (Å²) in [6, 6.07) is 21.3. The van der Waals surface area contributed by atoms with Crippen LogP contribution in [-0.4, -0.2) is 9.52 Å². The fourth-order valence-electron chi connectivity index (χ4n) is 3.12. The molecule has 0 nitrogen and oxygen atoms in total. The molecule has 0 heterocycles. The molecule has 3 rings (SSSR count). The molecule has 0 N–H and O–H groups in total. The van der Waals surface area contributed by atoms with Crippen molar-refractivity contribution in [3.8, 4) is 0 Å². The molecular weight excluding hydrogens is 388 g/mol. The Morgan fingerprint density at radius 2 is 1.11 bits per heavy atom. The van der Waals surface area contributed by atoms with Crippen LogP contribution in [0.3, 0.4) is 0 Å². The molecule has 0 bridgehead atoms. The Balaban J connectivity index is -0.000000395. The Morgan fingerprint density at radius 1 is 0.714 bits per heavy atom. The van der Waals surface area contributed by atoms with E-state index in [0.717, 1.165) is 0 Å². The predicted octanol–water partition coefficient (Wildman–Crippen LogP) is 5.62. The molecule has 0 saturated heterocycles. The molecule has 0 fully saturated rings. The van der Waals surface area contributed by atoms with Crippen molar-refractivity contribution in [3.05, 3.63) is 111 Å². The van der Waals surface area contributed by atoms with Gasteiger partial charge in [0.25, 0.3) is 0 Å². The van der Waals surface area contributed by atoms with Crippen molar-refractivity contribution < 1.29 is 21.7 Å². The summed E-state index contributed by atoms with van der Waals surface area (Å²) in [7, 11) is 0.271.